The fourth-order valence-corrected chi connectivity index (χ4v) is 2.26. The highest BCUT2D eigenvalue weighted by atomic mass is 35.5. The molecule has 2 aliphatic heterocycles. The average Bonchev–Trinajstić information content (AvgIpc) is 2.49. The molecule has 0 aromatic heterocycles. The Balaban J connectivity index is 0. The zero-order chi connectivity index (χ0) is 14.1. The summed E-state index contributed by atoms with van der Waals surface area (Å²) >= 11 is 0. The second kappa shape index (κ2) is 12.9. The van der Waals surface area contributed by atoms with E-state index in [1.165, 1.54) is 13.5 Å². The summed E-state index contributed by atoms with van der Waals surface area (Å²) < 4.78 is 4.59. The third-order valence-corrected chi connectivity index (χ3v) is 3.40. The third-order valence-electron chi connectivity index (χ3n) is 3.40. The third kappa shape index (κ3) is 8.90. The summed E-state index contributed by atoms with van der Waals surface area (Å²) in [5, 5.41) is 14.5. The van der Waals surface area contributed by atoms with Crippen LogP contribution in [0.15, 0.2) is 0 Å². The molecule has 126 valence electrons. The quantitative estimate of drug-likeness (QED) is 0.668. The van der Waals surface area contributed by atoms with Crippen molar-refractivity contribution in [2.24, 2.45) is 0 Å². The molecule has 6 nitrogen and oxygen atoms in total. The van der Waals surface area contributed by atoms with Gasteiger partial charge in [0, 0.05) is 0 Å². The van der Waals surface area contributed by atoms with Gasteiger partial charge in [0.2, 0.25) is 0 Å². The number of hydrogen-bond acceptors (Lipinski definition) is 5. The highest BCUT2D eigenvalue weighted by Gasteiger charge is 2.20. The van der Waals surface area contributed by atoms with Crippen molar-refractivity contribution in [3.05, 3.63) is 0 Å². The summed E-state index contributed by atoms with van der Waals surface area (Å²) in [5.41, 5.74) is 0. The van der Waals surface area contributed by atoms with Crippen LogP contribution in [0.2, 0.25) is 0 Å². The summed E-state index contributed by atoms with van der Waals surface area (Å²) in [6.45, 7) is 1.80. The van der Waals surface area contributed by atoms with E-state index >= 15 is 0 Å². The Bertz CT molecular complexity index is 291. The van der Waals surface area contributed by atoms with Crippen LogP contribution < -0.4 is 10.6 Å². The van der Waals surface area contributed by atoms with E-state index in [2.05, 4.69) is 15.4 Å². The molecule has 2 heterocycles. The van der Waals surface area contributed by atoms with Crippen LogP contribution in [0.1, 0.15) is 46.0 Å². The van der Waals surface area contributed by atoms with E-state index in [0.717, 1.165) is 45.2 Å². The van der Waals surface area contributed by atoms with Gasteiger partial charge in [-0.3, -0.25) is 9.59 Å². The predicted octanol–water partition coefficient (Wildman–Crippen LogP) is 1.57. The molecule has 0 radical (unpaired) electrons. The molecule has 0 unspecified atom stereocenters. The topological polar surface area (TPSA) is 87.7 Å². The molecule has 21 heavy (non-hydrogen) atoms. The minimum atomic E-state index is -0.713. The minimum Gasteiger partial charge on any atom is -0.480 e. The summed E-state index contributed by atoms with van der Waals surface area (Å²) in [4.78, 5) is 21.2. The number of carbonyl (C=O) groups excluding carboxylic acids is 1. The monoisotopic (exact) mass is 324 g/mol. The summed E-state index contributed by atoms with van der Waals surface area (Å²) in [6.07, 6.45) is 6.18. The van der Waals surface area contributed by atoms with E-state index in [1.807, 2.05) is 0 Å². The van der Waals surface area contributed by atoms with Gasteiger partial charge in [-0.25, -0.2) is 0 Å². The maximum absolute atomic E-state index is 10.9. The Labute approximate surface area is 133 Å². The van der Waals surface area contributed by atoms with Gasteiger partial charge in [-0.15, -0.1) is 12.4 Å². The number of carbonyl (C=O) groups is 2. The smallest absolute Gasteiger partial charge is 0.322 e. The van der Waals surface area contributed by atoms with E-state index in [1.54, 1.807) is 0 Å². The van der Waals surface area contributed by atoms with Crippen LogP contribution in [0, 0.1) is 0 Å². The van der Waals surface area contributed by atoms with Crippen molar-refractivity contribution in [3.8, 4) is 0 Å². The van der Waals surface area contributed by atoms with E-state index in [4.69, 9.17) is 5.11 Å². The Hall–Kier alpha value is -0.850. The average molecular weight is 325 g/mol. The van der Waals surface area contributed by atoms with Crippen molar-refractivity contribution >= 4 is 24.3 Å². The highest BCUT2D eigenvalue weighted by Crippen LogP contribution is 2.07. The number of hydrogen-bond donors (Lipinski definition) is 3. The van der Waals surface area contributed by atoms with Gasteiger partial charge >= 0.3 is 11.9 Å². The molecule has 7 heteroatoms. The molecule has 0 aromatic rings. The van der Waals surface area contributed by atoms with Crippen LogP contribution in [0.4, 0.5) is 0 Å². The standard InChI is InChI=1S/C7H13NO2.C6H11NO2.CH4.ClH/c1-10-7(9)6-4-2-3-5-8-6;8-6(9)5-3-1-2-4-7-5;;/h6,8H,2-5H2,1H3;5,7H,1-4H2,(H,8,9);1H4;1H/t6-;5-;;/m00../s1. The van der Waals surface area contributed by atoms with Crippen molar-refractivity contribution in [2.75, 3.05) is 20.2 Å². The summed E-state index contributed by atoms with van der Waals surface area (Å²) in [5.74, 6) is -0.839. The van der Waals surface area contributed by atoms with E-state index in [-0.39, 0.29) is 37.9 Å². The van der Waals surface area contributed by atoms with E-state index in [0.29, 0.717) is 0 Å². The van der Waals surface area contributed by atoms with Gasteiger partial charge in [0.15, 0.2) is 0 Å². The maximum Gasteiger partial charge on any atom is 0.322 e. The molecular formula is C14H29ClN2O4. The molecule has 0 amide bonds. The first-order chi connectivity index (χ1) is 9.15. The first-order valence-electron chi connectivity index (χ1n) is 6.92. The number of methoxy groups -OCH3 is 1. The Morgan fingerprint density at radius 1 is 1.00 bits per heavy atom. The van der Waals surface area contributed by atoms with Crippen molar-refractivity contribution < 1.29 is 19.4 Å². The first-order valence-corrected chi connectivity index (χ1v) is 6.92. The van der Waals surface area contributed by atoms with Crippen LogP contribution in [0.5, 0.6) is 0 Å². The van der Waals surface area contributed by atoms with Crippen LogP contribution in [0.3, 0.4) is 0 Å². The molecule has 0 bridgehead atoms. The van der Waals surface area contributed by atoms with Gasteiger partial charge in [0.05, 0.1) is 7.11 Å². The first kappa shape index (κ1) is 22.4. The number of carboxylic acids is 1. The second-order valence-corrected chi connectivity index (χ2v) is 4.87. The van der Waals surface area contributed by atoms with Crippen LogP contribution in [-0.2, 0) is 14.3 Å². The minimum absolute atomic E-state index is 0. The molecule has 2 aliphatic rings. The lowest BCUT2D eigenvalue weighted by atomic mass is 10.1. The van der Waals surface area contributed by atoms with Crippen LogP contribution in [-0.4, -0.2) is 49.3 Å². The molecule has 2 atom stereocenters. The fraction of sp³-hybridized carbons (Fsp3) is 0.857. The van der Waals surface area contributed by atoms with Gasteiger partial charge in [0.1, 0.15) is 12.1 Å². The van der Waals surface area contributed by atoms with Gasteiger partial charge in [0.25, 0.3) is 0 Å². The lowest BCUT2D eigenvalue weighted by Crippen LogP contribution is -2.40. The zero-order valence-corrected chi connectivity index (χ0v) is 12.7. The van der Waals surface area contributed by atoms with Gasteiger partial charge in [-0.1, -0.05) is 20.3 Å². The Morgan fingerprint density at radius 3 is 1.76 bits per heavy atom. The number of nitrogens with one attached hydrogen (secondary N) is 2. The van der Waals surface area contributed by atoms with Crippen molar-refractivity contribution in [2.45, 2.75) is 58.0 Å². The van der Waals surface area contributed by atoms with Gasteiger partial charge in [-0.2, -0.15) is 0 Å². The lowest BCUT2D eigenvalue weighted by molar-refractivity contribution is -0.143. The summed E-state index contributed by atoms with van der Waals surface area (Å²) in [6, 6.07) is -0.322. The maximum atomic E-state index is 10.9. The number of halogens is 1. The number of piperidine rings is 2. The molecule has 2 fully saturated rings. The zero-order valence-electron chi connectivity index (χ0n) is 11.9. The molecule has 0 aromatic carbocycles. The summed E-state index contributed by atoms with van der Waals surface area (Å²) in [7, 11) is 1.43. The fourth-order valence-electron chi connectivity index (χ4n) is 2.26. The van der Waals surface area contributed by atoms with E-state index in [9.17, 15) is 9.59 Å². The number of esters is 1. The highest BCUT2D eigenvalue weighted by molar-refractivity contribution is 5.85. The van der Waals surface area contributed by atoms with Crippen LogP contribution >= 0.6 is 12.4 Å². The molecule has 3 N–H and O–H groups in total. The lowest BCUT2D eigenvalue weighted by Gasteiger charge is -2.20. The van der Waals surface area contributed by atoms with Gasteiger partial charge in [-0.05, 0) is 38.8 Å². The van der Waals surface area contributed by atoms with Crippen molar-refractivity contribution in [1.29, 1.82) is 0 Å². The van der Waals surface area contributed by atoms with Crippen molar-refractivity contribution in [3.63, 3.8) is 0 Å². The number of aliphatic carboxylic acids is 1. The van der Waals surface area contributed by atoms with Crippen LogP contribution in [0.25, 0.3) is 0 Å². The SMILES string of the molecule is C.COC(=O)[C@@H]1CCCCN1.Cl.O=C(O)[C@@H]1CCCCN1. The Kier molecular flexibility index (Phi) is 13.7. The molecule has 0 spiro atoms. The number of carboxylic acid groups (broad SMARTS) is 1. The molecule has 0 saturated carbocycles. The predicted molar refractivity (Wildman–Crippen MR) is 84.9 cm³/mol. The van der Waals surface area contributed by atoms with Crippen molar-refractivity contribution in [1.82, 2.24) is 10.6 Å². The van der Waals surface area contributed by atoms with Gasteiger partial charge < -0.3 is 20.5 Å². The molecule has 2 saturated heterocycles. The Morgan fingerprint density at radius 2 is 1.48 bits per heavy atom. The molecule has 2 rings (SSSR count). The largest absolute Gasteiger partial charge is 0.480 e. The molecular weight excluding hydrogens is 296 g/mol. The second-order valence-electron chi connectivity index (χ2n) is 4.87. The normalized spacial score (nSPS) is 24.2. The van der Waals surface area contributed by atoms with E-state index < -0.39 is 5.97 Å². The number of rotatable bonds is 2. The molecule has 0 aliphatic carbocycles. The number of ether oxygens (including phenoxy) is 1.